The number of hydrogen-bond donors (Lipinski definition) is 0. The zero-order chi connectivity index (χ0) is 13.1. The Kier molecular flexibility index (Phi) is 3.74. The third-order valence-electron chi connectivity index (χ3n) is 3.49. The highest BCUT2D eigenvalue weighted by Gasteiger charge is 2.15. The first-order chi connectivity index (χ1) is 9.31. The Morgan fingerprint density at radius 1 is 1.21 bits per heavy atom. The van der Waals surface area contributed by atoms with Crippen molar-refractivity contribution in [1.82, 2.24) is 9.78 Å². The van der Waals surface area contributed by atoms with Crippen LogP contribution in [0.4, 0.5) is 0 Å². The van der Waals surface area contributed by atoms with Crippen molar-refractivity contribution in [2.24, 2.45) is 0 Å². The fourth-order valence-electron chi connectivity index (χ4n) is 2.50. The van der Waals surface area contributed by atoms with Gasteiger partial charge >= 0.3 is 0 Å². The van der Waals surface area contributed by atoms with Gasteiger partial charge in [-0.15, -0.1) is 0 Å². The van der Waals surface area contributed by atoms with Crippen molar-refractivity contribution < 1.29 is 4.74 Å². The van der Waals surface area contributed by atoms with Gasteiger partial charge in [-0.1, -0.05) is 24.1 Å². The lowest BCUT2D eigenvalue weighted by Gasteiger charge is -2.21. The van der Waals surface area contributed by atoms with Crippen LogP contribution in [-0.4, -0.2) is 15.9 Å². The zero-order valence-electron chi connectivity index (χ0n) is 10.8. The topological polar surface area (TPSA) is 27.1 Å². The lowest BCUT2D eigenvalue weighted by Crippen LogP contribution is -2.19. The van der Waals surface area contributed by atoms with E-state index in [0.717, 1.165) is 24.3 Å². The number of halogens is 1. The van der Waals surface area contributed by atoms with E-state index in [1.165, 1.54) is 19.3 Å². The molecule has 1 heterocycles. The molecule has 100 valence electrons. The molecule has 3 nitrogen and oxygen atoms in total. The highest BCUT2D eigenvalue weighted by Crippen LogP contribution is 2.24. The molecule has 1 aliphatic carbocycles. The van der Waals surface area contributed by atoms with Crippen LogP contribution in [0.1, 0.15) is 32.1 Å². The maximum Gasteiger partial charge on any atom is 0.158 e. The molecule has 1 saturated carbocycles. The summed E-state index contributed by atoms with van der Waals surface area (Å²) in [4.78, 5) is 0. The lowest BCUT2D eigenvalue weighted by molar-refractivity contribution is 0.155. The summed E-state index contributed by atoms with van der Waals surface area (Å²) in [6.45, 7) is 0. The number of benzene rings is 1. The summed E-state index contributed by atoms with van der Waals surface area (Å²) in [6.07, 6.45) is 10.2. The van der Waals surface area contributed by atoms with E-state index < -0.39 is 0 Å². The summed E-state index contributed by atoms with van der Waals surface area (Å²) in [5, 5.41) is 5.04. The molecule has 0 unspecified atom stereocenters. The fraction of sp³-hybridized carbons (Fsp3) is 0.400. The third-order valence-corrected chi connectivity index (χ3v) is 3.72. The normalized spacial score (nSPS) is 16.5. The van der Waals surface area contributed by atoms with Crippen LogP contribution in [-0.2, 0) is 0 Å². The second kappa shape index (κ2) is 5.66. The van der Waals surface area contributed by atoms with Crippen LogP contribution in [0.5, 0.6) is 5.75 Å². The fourth-order valence-corrected chi connectivity index (χ4v) is 2.69. The molecule has 1 aromatic carbocycles. The highest BCUT2D eigenvalue weighted by molar-refractivity contribution is 6.30. The number of aromatic nitrogens is 2. The number of hydrogen-bond acceptors (Lipinski definition) is 2. The van der Waals surface area contributed by atoms with Crippen LogP contribution in [0.3, 0.4) is 0 Å². The van der Waals surface area contributed by atoms with Gasteiger partial charge in [0.25, 0.3) is 0 Å². The summed E-state index contributed by atoms with van der Waals surface area (Å²) in [5.74, 6) is 0.840. The van der Waals surface area contributed by atoms with Crippen molar-refractivity contribution >= 4 is 11.6 Å². The van der Waals surface area contributed by atoms with Gasteiger partial charge in [0, 0.05) is 5.02 Å². The molecular weight excluding hydrogens is 260 g/mol. The van der Waals surface area contributed by atoms with Crippen molar-refractivity contribution in [1.29, 1.82) is 0 Å². The number of rotatable bonds is 3. The molecule has 0 bridgehead atoms. The van der Waals surface area contributed by atoms with Gasteiger partial charge < -0.3 is 4.74 Å². The molecule has 1 aliphatic rings. The Morgan fingerprint density at radius 3 is 2.84 bits per heavy atom. The minimum absolute atomic E-state index is 0.353. The van der Waals surface area contributed by atoms with Gasteiger partial charge in [0.15, 0.2) is 5.75 Å². The van der Waals surface area contributed by atoms with Crippen LogP contribution < -0.4 is 4.74 Å². The quantitative estimate of drug-likeness (QED) is 0.838. The summed E-state index contributed by atoms with van der Waals surface area (Å²) in [5.41, 5.74) is 0.950. The van der Waals surface area contributed by atoms with Gasteiger partial charge in [-0.2, -0.15) is 5.10 Å². The molecule has 0 amide bonds. The smallest absolute Gasteiger partial charge is 0.158 e. The monoisotopic (exact) mass is 276 g/mol. The molecule has 19 heavy (non-hydrogen) atoms. The Balaban J connectivity index is 1.72. The van der Waals surface area contributed by atoms with E-state index in [1.807, 2.05) is 30.5 Å². The molecular formula is C15H17ClN2O. The van der Waals surface area contributed by atoms with Crippen LogP contribution >= 0.6 is 11.6 Å². The van der Waals surface area contributed by atoms with Gasteiger partial charge in [0.05, 0.1) is 24.2 Å². The second-order valence-electron chi connectivity index (χ2n) is 4.98. The summed E-state index contributed by atoms with van der Waals surface area (Å²) >= 11 is 5.98. The first-order valence-corrected chi connectivity index (χ1v) is 7.16. The molecule has 0 atom stereocenters. The van der Waals surface area contributed by atoms with E-state index in [2.05, 4.69) is 5.10 Å². The maximum absolute atomic E-state index is 5.98. The van der Waals surface area contributed by atoms with E-state index >= 15 is 0 Å². The zero-order valence-corrected chi connectivity index (χ0v) is 11.5. The van der Waals surface area contributed by atoms with Crippen LogP contribution in [0.15, 0.2) is 36.7 Å². The van der Waals surface area contributed by atoms with E-state index in [-0.39, 0.29) is 0 Å². The van der Waals surface area contributed by atoms with Gasteiger partial charge in [-0.05, 0) is 43.9 Å². The maximum atomic E-state index is 5.98. The summed E-state index contributed by atoms with van der Waals surface area (Å²) in [6, 6.07) is 7.64. The summed E-state index contributed by atoms with van der Waals surface area (Å²) in [7, 11) is 0. The van der Waals surface area contributed by atoms with Crippen molar-refractivity contribution in [3.05, 3.63) is 41.7 Å². The van der Waals surface area contributed by atoms with Crippen molar-refractivity contribution in [2.75, 3.05) is 0 Å². The Labute approximate surface area is 118 Å². The second-order valence-corrected chi connectivity index (χ2v) is 5.41. The molecule has 3 rings (SSSR count). The van der Waals surface area contributed by atoms with Gasteiger partial charge in [0.2, 0.25) is 0 Å². The Morgan fingerprint density at radius 2 is 2.05 bits per heavy atom. The van der Waals surface area contributed by atoms with E-state index in [4.69, 9.17) is 16.3 Å². The average Bonchev–Trinajstić information content (AvgIpc) is 2.88. The van der Waals surface area contributed by atoms with Crippen LogP contribution in [0, 0.1) is 0 Å². The minimum atomic E-state index is 0.353. The first kappa shape index (κ1) is 12.5. The van der Waals surface area contributed by atoms with Crippen molar-refractivity contribution in [3.63, 3.8) is 0 Å². The predicted molar refractivity (Wildman–Crippen MR) is 76.1 cm³/mol. The predicted octanol–water partition coefficient (Wildman–Crippen LogP) is 4.24. The lowest BCUT2D eigenvalue weighted by atomic mass is 9.98. The van der Waals surface area contributed by atoms with Gasteiger partial charge in [-0.25, -0.2) is 4.68 Å². The minimum Gasteiger partial charge on any atom is -0.487 e. The van der Waals surface area contributed by atoms with Crippen molar-refractivity contribution in [2.45, 2.75) is 38.2 Å². The summed E-state index contributed by atoms with van der Waals surface area (Å²) < 4.78 is 7.77. The largest absolute Gasteiger partial charge is 0.487 e. The van der Waals surface area contributed by atoms with E-state index in [0.29, 0.717) is 11.1 Å². The Hall–Kier alpha value is -1.48. The van der Waals surface area contributed by atoms with E-state index in [9.17, 15) is 0 Å². The molecule has 1 aromatic heterocycles. The number of nitrogens with zero attached hydrogens (tertiary/aromatic N) is 2. The molecule has 4 heteroatoms. The van der Waals surface area contributed by atoms with Crippen molar-refractivity contribution in [3.8, 4) is 11.4 Å². The molecule has 2 aromatic rings. The standard InChI is InChI=1S/C15H17ClN2O/c16-12-5-4-6-13(9-12)18-11-15(10-17-18)19-14-7-2-1-3-8-14/h4-6,9-11,14H,1-3,7-8H2. The van der Waals surface area contributed by atoms with Crippen LogP contribution in [0.2, 0.25) is 5.02 Å². The molecule has 0 saturated heterocycles. The molecule has 0 aliphatic heterocycles. The highest BCUT2D eigenvalue weighted by atomic mass is 35.5. The SMILES string of the molecule is Clc1cccc(-n2cc(OC3CCCCC3)cn2)c1. The molecule has 1 fully saturated rings. The average molecular weight is 277 g/mol. The Bertz CT molecular complexity index is 547. The van der Waals surface area contributed by atoms with Gasteiger partial charge in [-0.3, -0.25) is 0 Å². The molecule has 0 spiro atoms. The number of ether oxygens (including phenoxy) is 1. The first-order valence-electron chi connectivity index (χ1n) is 6.78. The van der Waals surface area contributed by atoms with E-state index in [1.54, 1.807) is 10.9 Å². The van der Waals surface area contributed by atoms with Crippen LogP contribution in [0.25, 0.3) is 5.69 Å². The van der Waals surface area contributed by atoms with Gasteiger partial charge in [0.1, 0.15) is 0 Å². The third kappa shape index (κ3) is 3.10. The molecule has 0 radical (unpaired) electrons. The molecule has 0 N–H and O–H groups in total.